The lowest BCUT2D eigenvalue weighted by molar-refractivity contribution is 0.987. The molecule has 0 spiro atoms. The topological polar surface area (TPSA) is 66.5 Å². The van der Waals surface area contributed by atoms with Gasteiger partial charge in [0.1, 0.15) is 17.9 Å². The molecule has 126 valence electrons. The van der Waals surface area contributed by atoms with E-state index in [1.54, 1.807) is 0 Å². The first kappa shape index (κ1) is 15.9. The molecule has 0 saturated carbocycles. The highest BCUT2D eigenvalue weighted by Gasteiger charge is 2.19. The number of rotatable bonds is 4. The molecule has 2 aromatic heterocycles. The van der Waals surface area contributed by atoms with Crippen molar-refractivity contribution in [1.82, 2.24) is 14.5 Å². The molecule has 0 aliphatic carbocycles. The van der Waals surface area contributed by atoms with Crippen molar-refractivity contribution in [1.29, 1.82) is 5.26 Å². The van der Waals surface area contributed by atoms with Gasteiger partial charge in [-0.05, 0) is 31.2 Å². The van der Waals surface area contributed by atoms with E-state index in [2.05, 4.69) is 25.9 Å². The largest absolute Gasteiger partial charge is 0.379 e. The molecular formula is C21H17N5. The molecule has 0 saturated heterocycles. The second kappa shape index (κ2) is 6.69. The highest BCUT2D eigenvalue weighted by Crippen LogP contribution is 2.29. The predicted molar refractivity (Wildman–Crippen MR) is 102 cm³/mol. The first-order chi connectivity index (χ1) is 12.8. The summed E-state index contributed by atoms with van der Waals surface area (Å²) in [5.74, 6) is 0. The molecule has 2 aromatic carbocycles. The number of nitrogens with one attached hydrogen (secondary N) is 1. The van der Waals surface area contributed by atoms with Gasteiger partial charge in [0.25, 0.3) is 0 Å². The van der Waals surface area contributed by atoms with Crippen LogP contribution in [0, 0.1) is 18.3 Å². The Morgan fingerprint density at radius 1 is 1.00 bits per heavy atom. The summed E-state index contributed by atoms with van der Waals surface area (Å²) in [7, 11) is 0. The molecule has 4 rings (SSSR count). The molecule has 0 bridgehead atoms. The average molecular weight is 339 g/mol. The Kier molecular flexibility index (Phi) is 4.08. The number of benzene rings is 2. The van der Waals surface area contributed by atoms with Gasteiger partial charge in [-0.25, -0.2) is 9.97 Å². The zero-order valence-electron chi connectivity index (χ0n) is 14.3. The summed E-state index contributed by atoms with van der Waals surface area (Å²) in [6.45, 7) is 2.49. The number of para-hydroxylation sites is 2. The lowest BCUT2D eigenvalue weighted by atomic mass is 10.2. The Labute approximate surface area is 151 Å². The van der Waals surface area contributed by atoms with Crippen LogP contribution in [0.5, 0.6) is 0 Å². The van der Waals surface area contributed by atoms with Gasteiger partial charge in [-0.15, -0.1) is 0 Å². The summed E-state index contributed by atoms with van der Waals surface area (Å²) in [5, 5.41) is 13.0. The first-order valence-electron chi connectivity index (χ1n) is 8.39. The molecule has 2 heterocycles. The van der Waals surface area contributed by atoms with Gasteiger partial charge in [0.05, 0.1) is 23.3 Å². The van der Waals surface area contributed by atoms with Crippen LogP contribution in [0.1, 0.15) is 17.0 Å². The molecule has 5 heteroatoms. The number of anilines is 1. The number of aromatic nitrogens is 3. The Morgan fingerprint density at radius 2 is 1.69 bits per heavy atom. The van der Waals surface area contributed by atoms with Crippen molar-refractivity contribution in [3.8, 4) is 11.8 Å². The number of hydrogen-bond donors (Lipinski definition) is 1. The molecule has 4 aromatic rings. The maximum absolute atomic E-state index is 9.64. The molecular weight excluding hydrogens is 322 g/mol. The smallest absolute Gasteiger partial charge is 0.116 e. The van der Waals surface area contributed by atoms with Crippen LogP contribution in [-0.2, 0) is 6.54 Å². The molecule has 0 radical (unpaired) electrons. The monoisotopic (exact) mass is 339 g/mol. The number of nitriles is 1. The van der Waals surface area contributed by atoms with Crippen molar-refractivity contribution in [3.63, 3.8) is 0 Å². The first-order valence-corrected chi connectivity index (χ1v) is 8.39. The van der Waals surface area contributed by atoms with E-state index in [-0.39, 0.29) is 0 Å². The third-order valence-corrected chi connectivity index (χ3v) is 4.42. The molecule has 5 nitrogen and oxygen atoms in total. The summed E-state index contributed by atoms with van der Waals surface area (Å²) in [5.41, 5.74) is 5.89. The minimum atomic E-state index is 0.546. The van der Waals surface area contributed by atoms with Crippen molar-refractivity contribution in [2.24, 2.45) is 0 Å². The van der Waals surface area contributed by atoms with Crippen molar-refractivity contribution >= 4 is 16.7 Å². The van der Waals surface area contributed by atoms with Crippen molar-refractivity contribution < 1.29 is 0 Å². The summed E-state index contributed by atoms with van der Waals surface area (Å²) in [6, 6.07) is 22.3. The SMILES string of the molecule is Cc1c(C#N)c2ncnc(CNc3ccccc3)c2n1-c1ccccc1. The van der Waals surface area contributed by atoms with Crippen LogP contribution in [0.3, 0.4) is 0 Å². The molecule has 0 unspecified atom stereocenters. The van der Waals surface area contributed by atoms with Crippen LogP contribution in [0.15, 0.2) is 67.0 Å². The molecule has 0 fully saturated rings. The lowest BCUT2D eigenvalue weighted by Crippen LogP contribution is -2.06. The van der Waals surface area contributed by atoms with E-state index in [1.807, 2.05) is 67.6 Å². The normalized spacial score (nSPS) is 10.6. The zero-order valence-corrected chi connectivity index (χ0v) is 14.3. The second-order valence-electron chi connectivity index (χ2n) is 5.98. The molecule has 26 heavy (non-hydrogen) atoms. The molecule has 1 N–H and O–H groups in total. The van der Waals surface area contributed by atoms with Gasteiger partial charge in [-0.3, -0.25) is 0 Å². The lowest BCUT2D eigenvalue weighted by Gasteiger charge is -2.11. The van der Waals surface area contributed by atoms with Gasteiger partial charge < -0.3 is 9.88 Å². The Hall–Kier alpha value is -3.65. The van der Waals surface area contributed by atoms with Crippen LogP contribution in [0.25, 0.3) is 16.7 Å². The van der Waals surface area contributed by atoms with Gasteiger partial charge in [0.2, 0.25) is 0 Å². The fraction of sp³-hybridized carbons (Fsp3) is 0.0952. The number of hydrogen-bond acceptors (Lipinski definition) is 4. The van der Waals surface area contributed by atoms with E-state index >= 15 is 0 Å². The van der Waals surface area contributed by atoms with Gasteiger partial charge in [0.15, 0.2) is 0 Å². The van der Waals surface area contributed by atoms with Gasteiger partial charge in [-0.2, -0.15) is 5.26 Å². The Balaban J connectivity index is 1.88. The van der Waals surface area contributed by atoms with Crippen molar-refractivity contribution in [2.45, 2.75) is 13.5 Å². The average Bonchev–Trinajstić information content (AvgIpc) is 2.99. The fourth-order valence-corrected chi connectivity index (χ4v) is 3.19. The molecule has 0 aliphatic heterocycles. The number of fused-ring (bicyclic) bond motifs is 1. The van der Waals surface area contributed by atoms with Crippen LogP contribution >= 0.6 is 0 Å². The van der Waals surface area contributed by atoms with Crippen LogP contribution < -0.4 is 5.32 Å². The van der Waals surface area contributed by atoms with Crippen LogP contribution in [0.4, 0.5) is 5.69 Å². The highest BCUT2D eigenvalue weighted by atomic mass is 15.0. The summed E-state index contributed by atoms with van der Waals surface area (Å²) in [6.07, 6.45) is 1.53. The zero-order chi connectivity index (χ0) is 17.9. The van der Waals surface area contributed by atoms with E-state index in [1.165, 1.54) is 6.33 Å². The Bertz CT molecular complexity index is 1090. The Morgan fingerprint density at radius 3 is 2.38 bits per heavy atom. The molecule has 0 aliphatic rings. The second-order valence-corrected chi connectivity index (χ2v) is 5.98. The fourth-order valence-electron chi connectivity index (χ4n) is 3.19. The van der Waals surface area contributed by atoms with E-state index in [0.717, 1.165) is 28.3 Å². The minimum absolute atomic E-state index is 0.546. The van der Waals surface area contributed by atoms with Gasteiger partial charge >= 0.3 is 0 Å². The van der Waals surface area contributed by atoms with E-state index in [9.17, 15) is 5.26 Å². The summed E-state index contributed by atoms with van der Waals surface area (Å²) in [4.78, 5) is 8.89. The standard InChI is InChI=1S/C21H17N5/c1-15-18(12-22)20-21(26(15)17-10-6-3-7-11-17)19(24-14-25-20)13-23-16-8-4-2-5-9-16/h2-11,14,23H,13H2,1H3. The quantitative estimate of drug-likeness (QED) is 0.605. The van der Waals surface area contributed by atoms with Crippen LogP contribution in [-0.4, -0.2) is 14.5 Å². The van der Waals surface area contributed by atoms with E-state index in [0.29, 0.717) is 17.6 Å². The van der Waals surface area contributed by atoms with Gasteiger partial charge in [0, 0.05) is 17.1 Å². The number of nitrogens with zero attached hydrogens (tertiary/aromatic N) is 4. The molecule has 0 amide bonds. The van der Waals surface area contributed by atoms with E-state index < -0.39 is 0 Å². The summed E-state index contributed by atoms with van der Waals surface area (Å²) < 4.78 is 2.07. The maximum Gasteiger partial charge on any atom is 0.116 e. The predicted octanol–water partition coefficient (Wildman–Crippen LogP) is 4.21. The van der Waals surface area contributed by atoms with Crippen molar-refractivity contribution in [3.05, 3.63) is 83.9 Å². The van der Waals surface area contributed by atoms with Crippen LogP contribution in [0.2, 0.25) is 0 Å². The minimum Gasteiger partial charge on any atom is -0.379 e. The van der Waals surface area contributed by atoms with Crippen molar-refractivity contribution in [2.75, 3.05) is 5.32 Å². The van der Waals surface area contributed by atoms with Gasteiger partial charge in [-0.1, -0.05) is 36.4 Å². The van der Waals surface area contributed by atoms with E-state index in [4.69, 9.17) is 0 Å². The third kappa shape index (κ3) is 2.68. The molecule has 0 atom stereocenters. The third-order valence-electron chi connectivity index (χ3n) is 4.42. The highest BCUT2D eigenvalue weighted by molar-refractivity contribution is 5.87. The maximum atomic E-state index is 9.64. The summed E-state index contributed by atoms with van der Waals surface area (Å²) >= 11 is 0.